The predicted octanol–water partition coefficient (Wildman–Crippen LogP) is 9.09. The molecule has 59 heavy (non-hydrogen) atoms. The van der Waals surface area contributed by atoms with Gasteiger partial charge in [0.05, 0.1) is 30.5 Å². The van der Waals surface area contributed by atoms with E-state index in [9.17, 15) is 27.2 Å². The molecule has 12 nitrogen and oxygen atoms in total. The Balaban J connectivity index is 0.000000273. The Hall–Kier alpha value is -5.42. The van der Waals surface area contributed by atoms with Crippen LogP contribution in [-0.4, -0.2) is 49.7 Å². The second kappa shape index (κ2) is 25.2. The Kier molecular flexibility index (Phi) is 20.4. The summed E-state index contributed by atoms with van der Waals surface area (Å²) >= 11 is 0. The molecule has 2 aliphatic rings. The number of alkyl halides is 4. The molecule has 16 heteroatoms. The van der Waals surface area contributed by atoms with Crippen molar-refractivity contribution in [3.8, 4) is 0 Å². The van der Waals surface area contributed by atoms with Crippen molar-refractivity contribution in [2.45, 2.75) is 102 Å². The quantitative estimate of drug-likeness (QED) is 0.0348. The van der Waals surface area contributed by atoms with E-state index >= 15 is 0 Å². The van der Waals surface area contributed by atoms with Crippen LogP contribution in [0, 0.1) is 0 Å². The number of nitrogen functional groups attached to an aromatic ring is 4. The van der Waals surface area contributed by atoms with Crippen molar-refractivity contribution in [3.63, 3.8) is 0 Å². The largest absolute Gasteiger partial charge is 0.459 e. The summed E-state index contributed by atoms with van der Waals surface area (Å²) < 4.78 is 51.7. The first-order valence-electron chi connectivity index (χ1n) is 19.0. The molecule has 0 saturated heterocycles. The van der Waals surface area contributed by atoms with Crippen LogP contribution in [0.1, 0.15) is 90.1 Å². The van der Waals surface area contributed by atoms with E-state index in [-0.39, 0.29) is 31.3 Å². The van der Waals surface area contributed by atoms with Gasteiger partial charge in [0.2, 0.25) is 0 Å². The number of hydrogen-bond acceptors (Lipinski definition) is 12. The minimum atomic E-state index is -4.00. The van der Waals surface area contributed by atoms with Crippen molar-refractivity contribution in [1.29, 1.82) is 0 Å². The standard InChI is InChI=1S/2C20H24N2O4.C2H3F3.CH3F/c2*21-16-10-15(11-17(22)12-16)20(23)25-18-6-8-19(9-7-18)26-24-13-14-4-2-1-3-5-14;1-2(3,4)5;1-2/h2*1-5,10-12,18-19H,6-9,13,21-22H2;1H3;1H3. The SMILES string of the molecule is CC(F)(F)F.CF.Nc1cc(N)cc(C(=O)OC2CCC(OOCc3ccccc3)CC2)c1.Nc1cc(N)cc(C(=O)OC2CCC(OOCc3ccccc3)CC2)c1. The molecule has 0 spiro atoms. The molecule has 2 aliphatic carbocycles. The second-order valence-corrected chi connectivity index (χ2v) is 13.9. The van der Waals surface area contributed by atoms with Gasteiger partial charge in [-0.3, -0.25) is 4.39 Å². The van der Waals surface area contributed by atoms with Crippen LogP contribution in [-0.2, 0) is 42.2 Å². The fourth-order valence-electron chi connectivity index (χ4n) is 6.07. The third kappa shape index (κ3) is 19.7. The smallest absolute Gasteiger partial charge is 0.386 e. The van der Waals surface area contributed by atoms with Gasteiger partial charge < -0.3 is 32.4 Å². The van der Waals surface area contributed by atoms with Crippen LogP contribution in [0.25, 0.3) is 0 Å². The Morgan fingerprint density at radius 2 is 0.797 bits per heavy atom. The van der Waals surface area contributed by atoms with Crippen LogP contribution >= 0.6 is 0 Å². The van der Waals surface area contributed by atoms with Gasteiger partial charge in [0.25, 0.3) is 0 Å². The van der Waals surface area contributed by atoms with Crippen molar-refractivity contribution in [3.05, 3.63) is 119 Å². The summed E-state index contributed by atoms with van der Waals surface area (Å²) in [6.07, 6.45) is 1.89. The highest BCUT2D eigenvalue weighted by atomic mass is 19.4. The highest BCUT2D eigenvalue weighted by molar-refractivity contribution is 5.92. The topological polar surface area (TPSA) is 194 Å². The van der Waals surface area contributed by atoms with Gasteiger partial charge in [0, 0.05) is 29.7 Å². The molecule has 0 aliphatic heterocycles. The summed E-state index contributed by atoms with van der Waals surface area (Å²) in [5, 5.41) is 0. The minimum Gasteiger partial charge on any atom is -0.459 e. The van der Waals surface area contributed by atoms with E-state index in [1.165, 1.54) is 0 Å². The van der Waals surface area contributed by atoms with Crippen LogP contribution in [0.3, 0.4) is 0 Å². The average molecular weight is 831 g/mol. The number of carbonyl (C=O) groups excluding carboxylic acids is 2. The molecule has 2 saturated carbocycles. The predicted molar refractivity (Wildman–Crippen MR) is 217 cm³/mol. The molecule has 6 rings (SSSR count). The summed E-state index contributed by atoms with van der Waals surface area (Å²) in [5.74, 6) is -0.789. The van der Waals surface area contributed by atoms with E-state index in [1.807, 2.05) is 60.7 Å². The monoisotopic (exact) mass is 830 g/mol. The van der Waals surface area contributed by atoms with Crippen molar-refractivity contribution < 1.29 is 56.2 Å². The van der Waals surface area contributed by atoms with Crippen molar-refractivity contribution in [2.75, 3.05) is 30.1 Å². The van der Waals surface area contributed by atoms with Gasteiger partial charge in [-0.2, -0.15) is 13.2 Å². The zero-order chi connectivity index (χ0) is 43.2. The Morgan fingerprint density at radius 1 is 0.525 bits per heavy atom. The van der Waals surface area contributed by atoms with Gasteiger partial charge in [-0.1, -0.05) is 60.7 Å². The molecule has 0 atom stereocenters. The molecule has 4 aromatic carbocycles. The Bertz CT molecular complexity index is 1650. The average Bonchev–Trinajstić information content (AvgIpc) is 3.20. The number of benzene rings is 4. The number of nitrogens with two attached hydrogens (primary N) is 4. The number of rotatable bonds is 12. The Morgan fingerprint density at radius 3 is 1.08 bits per heavy atom. The molecular formula is C43H54F4N4O8. The molecule has 322 valence electrons. The lowest BCUT2D eigenvalue weighted by molar-refractivity contribution is -0.338. The first-order valence-corrected chi connectivity index (χ1v) is 19.0. The molecular weight excluding hydrogens is 776 g/mol. The fourth-order valence-corrected chi connectivity index (χ4v) is 6.07. The normalized spacial score (nSPS) is 18.6. The van der Waals surface area contributed by atoms with Crippen LogP contribution in [0.15, 0.2) is 97.1 Å². The summed E-state index contributed by atoms with van der Waals surface area (Å²) in [5.41, 5.74) is 27.6. The van der Waals surface area contributed by atoms with Crippen molar-refractivity contribution >= 4 is 34.7 Å². The second-order valence-electron chi connectivity index (χ2n) is 13.9. The summed E-state index contributed by atoms with van der Waals surface area (Å²) in [7, 11) is 0.500. The molecule has 0 unspecified atom stereocenters. The summed E-state index contributed by atoms with van der Waals surface area (Å²) in [6, 6.07) is 29.2. The van der Waals surface area contributed by atoms with E-state index in [1.54, 1.807) is 36.4 Å². The lowest BCUT2D eigenvalue weighted by atomic mass is 9.95. The van der Waals surface area contributed by atoms with Crippen LogP contribution < -0.4 is 22.9 Å². The summed E-state index contributed by atoms with van der Waals surface area (Å²) in [4.78, 5) is 46.1. The number of esters is 2. The van der Waals surface area contributed by atoms with Crippen molar-refractivity contribution in [2.24, 2.45) is 0 Å². The van der Waals surface area contributed by atoms with Crippen molar-refractivity contribution in [1.82, 2.24) is 0 Å². The molecule has 0 amide bonds. The number of anilines is 4. The molecule has 2 fully saturated rings. The van der Waals surface area contributed by atoms with E-state index in [0.29, 0.717) is 54.3 Å². The zero-order valence-corrected chi connectivity index (χ0v) is 33.2. The number of carbonyl (C=O) groups is 2. The number of halogens is 4. The highest BCUT2D eigenvalue weighted by Gasteiger charge is 2.27. The number of hydrogen-bond donors (Lipinski definition) is 4. The van der Waals surface area contributed by atoms with Crippen LogP contribution in [0.4, 0.5) is 40.3 Å². The fraction of sp³-hybridized carbons (Fsp3) is 0.395. The van der Waals surface area contributed by atoms with Gasteiger partial charge in [-0.25, -0.2) is 29.1 Å². The third-order valence-corrected chi connectivity index (χ3v) is 8.76. The van der Waals surface area contributed by atoms with Gasteiger partial charge in [-0.15, -0.1) is 0 Å². The Labute approximate surface area is 341 Å². The molecule has 0 aromatic heterocycles. The van der Waals surface area contributed by atoms with Gasteiger partial charge >= 0.3 is 18.1 Å². The zero-order valence-electron chi connectivity index (χ0n) is 33.2. The molecule has 0 heterocycles. The lowest BCUT2D eigenvalue weighted by Crippen LogP contribution is -2.28. The molecule has 8 N–H and O–H groups in total. The van der Waals surface area contributed by atoms with E-state index in [2.05, 4.69) is 0 Å². The molecule has 0 radical (unpaired) electrons. The maximum atomic E-state index is 12.2. The van der Waals surface area contributed by atoms with Gasteiger partial charge in [-0.05, 0) is 98.9 Å². The maximum Gasteiger partial charge on any atom is 0.386 e. The lowest BCUT2D eigenvalue weighted by Gasteiger charge is -2.27. The van der Waals surface area contributed by atoms with E-state index < -0.39 is 18.1 Å². The highest BCUT2D eigenvalue weighted by Crippen LogP contribution is 2.27. The first-order chi connectivity index (χ1) is 28.2. The molecule has 0 bridgehead atoms. The van der Waals surface area contributed by atoms with Crippen LogP contribution in [0.2, 0.25) is 0 Å². The van der Waals surface area contributed by atoms with E-state index in [4.69, 9.17) is 52.0 Å². The van der Waals surface area contributed by atoms with Crippen LogP contribution in [0.5, 0.6) is 0 Å². The maximum absolute atomic E-state index is 12.2. The van der Waals surface area contributed by atoms with Gasteiger partial charge in [0.1, 0.15) is 25.4 Å². The van der Waals surface area contributed by atoms with Gasteiger partial charge in [0.15, 0.2) is 0 Å². The number of ether oxygens (including phenoxy) is 2. The molecule has 4 aromatic rings. The first kappa shape index (κ1) is 48.0. The summed E-state index contributed by atoms with van der Waals surface area (Å²) in [6.45, 7) is 1.03. The third-order valence-electron chi connectivity index (χ3n) is 8.76. The minimum absolute atomic E-state index is 0.0247. The van der Waals surface area contributed by atoms with E-state index in [0.717, 1.165) is 62.5 Å².